The van der Waals surface area contributed by atoms with Crippen LogP contribution in [0.15, 0.2) is 91.0 Å². The van der Waals surface area contributed by atoms with Gasteiger partial charge in [0.25, 0.3) is 0 Å². The topological polar surface area (TPSA) is 60.7 Å². The van der Waals surface area contributed by atoms with Crippen molar-refractivity contribution >= 4 is 0 Å². The molecule has 3 nitrogen and oxygen atoms in total. The number of hydrogen-bond acceptors (Lipinski definition) is 3. The number of hydrogen-bond donors (Lipinski definition) is 3. The van der Waals surface area contributed by atoms with Crippen molar-refractivity contribution in [3.8, 4) is 17.2 Å². The number of rotatable bonds is 6. The van der Waals surface area contributed by atoms with E-state index in [0.29, 0.717) is 52.8 Å². The van der Waals surface area contributed by atoms with Crippen molar-refractivity contribution in [2.45, 2.75) is 113 Å². The van der Waals surface area contributed by atoms with Gasteiger partial charge in [0.2, 0.25) is 0 Å². The first-order valence-electron chi connectivity index (χ1n) is 17.5. The highest BCUT2D eigenvalue weighted by Crippen LogP contribution is 2.47. The maximum absolute atomic E-state index is 9.76. The summed E-state index contributed by atoms with van der Waals surface area (Å²) in [5, 5.41) is 29.3. The van der Waals surface area contributed by atoms with Crippen LogP contribution in [0.5, 0.6) is 17.2 Å². The number of phenols is 3. The molecule has 234 valence electrons. The van der Waals surface area contributed by atoms with Crippen LogP contribution in [0, 0.1) is 0 Å². The predicted molar refractivity (Wildman–Crippen MR) is 183 cm³/mol. The summed E-state index contributed by atoms with van der Waals surface area (Å²) >= 11 is 0. The van der Waals surface area contributed by atoms with Gasteiger partial charge >= 0.3 is 0 Å². The lowest BCUT2D eigenvalue weighted by Crippen LogP contribution is -2.16. The zero-order valence-corrected chi connectivity index (χ0v) is 26.5. The van der Waals surface area contributed by atoms with Crippen molar-refractivity contribution in [2.75, 3.05) is 0 Å². The second kappa shape index (κ2) is 13.3. The second-order valence-electron chi connectivity index (χ2n) is 14.4. The number of phenolic OH excluding ortho intramolecular Hbond substituents is 3. The van der Waals surface area contributed by atoms with Crippen molar-refractivity contribution < 1.29 is 15.3 Å². The molecule has 0 saturated heterocycles. The largest absolute Gasteiger partial charge is 0.508 e. The molecule has 0 atom stereocenters. The van der Waals surface area contributed by atoms with Crippen LogP contribution < -0.4 is 0 Å². The van der Waals surface area contributed by atoms with E-state index in [2.05, 4.69) is 54.6 Å². The zero-order valence-electron chi connectivity index (χ0n) is 26.5. The van der Waals surface area contributed by atoms with Gasteiger partial charge in [-0.05, 0) is 182 Å². The summed E-state index contributed by atoms with van der Waals surface area (Å²) in [4.78, 5) is 0. The summed E-state index contributed by atoms with van der Waals surface area (Å²) in [7, 11) is 0. The molecule has 0 heterocycles. The van der Waals surface area contributed by atoms with Gasteiger partial charge in [-0.1, -0.05) is 54.6 Å². The van der Waals surface area contributed by atoms with Gasteiger partial charge < -0.3 is 15.3 Å². The molecule has 0 radical (unpaired) electrons. The third-order valence-electron chi connectivity index (χ3n) is 11.7. The molecule has 3 aliphatic carbocycles. The maximum Gasteiger partial charge on any atom is 0.115 e. The van der Waals surface area contributed by atoms with E-state index in [-0.39, 0.29) is 0 Å². The van der Waals surface area contributed by atoms with E-state index in [0.717, 1.165) is 0 Å². The standard InChI is InChI=1S/C42H48O3/c43-40-19-13-31(14-20-40)28-1-7-34(8-2-28)37-25-38(35-9-3-29(4-10-35)32-15-21-41(44)22-16-32)27-39(26-37)36-11-5-30(6-12-36)33-17-23-42(45)24-18-33/h13-30,34-36,43-45H,1-12H2. The smallest absolute Gasteiger partial charge is 0.115 e. The van der Waals surface area contributed by atoms with Gasteiger partial charge in [-0.15, -0.1) is 0 Å². The molecule has 3 N–H and O–H groups in total. The number of aromatic hydroxyl groups is 3. The average Bonchev–Trinajstić information content (AvgIpc) is 3.09. The normalized spacial score (nSPS) is 27.2. The molecule has 0 bridgehead atoms. The molecule has 0 spiro atoms. The van der Waals surface area contributed by atoms with Crippen molar-refractivity contribution in [3.63, 3.8) is 0 Å². The van der Waals surface area contributed by atoms with E-state index in [9.17, 15) is 15.3 Å². The Morgan fingerprint density at radius 1 is 0.267 bits per heavy atom. The highest BCUT2D eigenvalue weighted by molar-refractivity contribution is 5.39. The average molecular weight is 601 g/mol. The Morgan fingerprint density at radius 2 is 0.444 bits per heavy atom. The molecule has 0 aliphatic heterocycles. The lowest BCUT2D eigenvalue weighted by molar-refractivity contribution is 0.383. The summed E-state index contributed by atoms with van der Waals surface area (Å²) in [5.74, 6) is 4.71. The van der Waals surface area contributed by atoms with Gasteiger partial charge in [-0.3, -0.25) is 0 Å². The minimum absolute atomic E-state index is 0.353. The molecular formula is C42H48O3. The summed E-state index contributed by atoms with van der Waals surface area (Å²) in [6, 6.07) is 31.5. The first-order valence-corrected chi connectivity index (χ1v) is 17.5. The molecule has 3 fully saturated rings. The Bertz CT molecular complexity index is 1330. The molecule has 0 amide bonds. The molecule has 3 heteroatoms. The molecular weight excluding hydrogens is 552 g/mol. The third-order valence-corrected chi connectivity index (χ3v) is 11.7. The van der Waals surface area contributed by atoms with E-state index in [4.69, 9.17) is 0 Å². The van der Waals surface area contributed by atoms with Crippen LogP contribution >= 0.6 is 0 Å². The number of benzene rings is 4. The summed E-state index contributed by atoms with van der Waals surface area (Å²) in [6.07, 6.45) is 14.7. The van der Waals surface area contributed by atoms with Crippen molar-refractivity contribution in [1.82, 2.24) is 0 Å². The Hall–Kier alpha value is -3.72. The van der Waals surface area contributed by atoms with Gasteiger partial charge in [0.1, 0.15) is 17.2 Å². The van der Waals surface area contributed by atoms with Crippen LogP contribution in [0.25, 0.3) is 0 Å². The highest BCUT2D eigenvalue weighted by atomic mass is 16.3. The fourth-order valence-corrected chi connectivity index (χ4v) is 8.93. The lowest BCUT2D eigenvalue weighted by Gasteiger charge is -2.34. The second-order valence-corrected chi connectivity index (χ2v) is 14.4. The maximum atomic E-state index is 9.76. The zero-order chi connectivity index (χ0) is 30.8. The van der Waals surface area contributed by atoms with Crippen LogP contribution in [0.4, 0.5) is 0 Å². The highest BCUT2D eigenvalue weighted by Gasteiger charge is 2.30. The Kier molecular flexibility index (Phi) is 8.88. The minimum Gasteiger partial charge on any atom is -0.508 e. The monoisotopic (exact) mass is 600 g/mol. The van der Waals surface area contributed by atoms with Crippen molar-refractivity contribution in [2.24, 2.45) is 0 Å². The molecule has 7 rings (SSSR count). The van der Waals surface area contributed by atoms with E-state index >= 15 is 0 Å². The Morgan fingerprint density at radius 3 is 0.644 bits per heavy atom. The molecule has 0 unspecified atom stereocenters. The van der Waals surface area contributed by atoms with Gasteiger partial charge in [0.05, 0.1) is 0 Å². The third kappa shape index (κ3) is 6.93. The predicted octanol–water partition coefficient (Wildman–Crippen LogP) is 11.1. The van der Waals surface area contributed by atoms with E-state index in [1.807, 2.05) is 36.4 Å². The molecule has 0 aromatic heterocycles. The van der Waals surface area contributed by atoms with Gasteiger partial charge in [-0.2, -0.15) is 0 Å². The Balaban J connectivity index is 1.08. The molecule has 3 saturated carbocycles. The van der Waals surface area contributed by atoms with Gasteiger partial charge in [0.15, 0.2) is 0 Å². The Labute approximate surface area is 269 Å². The minimum atomic E-state index is 0.353. The molecule has 4 aromatic rings. The molecule has 45 heavy (non-hydrogen) atoms. The molecule has 3 aliphatic rings. The first kappa shape index (κ1) is 30.0. The first-order chi connectivity index (χ1) is 22.0. The fraction of sp³-hybridized carbons (Fsp3) is 0.429. The lowest BCUT2D eigenvalue weighted by atomic mass is 9.71. The SMILES string of the molecule is Oc1ccc(C2CCC(c3cc(C4CCC(c5ccc(O)cc5)CC4)cc(C4CCC(c5ccc(O)cc5)CC4)c3)CC2)cc1. The van der Waals surface area contributed by atoms with Crippen LogP contribution in [-0.4, -0.2) is 15.3 Å². The van der Waals surface area contributed by atoms with Gasteiger partial charge in [0, 0.05) is 0 Å². The quantitative estimate of drug-likeness (QED) is 0.206. The van der Waals surface area contributed by atoms with Crippen molar-refractivity contribution in [1.29, 1.82) is 0 Å². The van der Waals surface area contributed by atoms with E-state index in [1.165, 1.54) is 93.7 Å². The summed E-state index contributed by atoms with van der Waals surface area (Å²) in [5.41, 5.74) is 8.85. The fourth-order valence-electron chi connectivity index (χ4n) is 8.93. The van der Waals surface area contributed by atoms with Crippen LogP contribution in [0.3, 0.4) is 0 Å². The summed E-state index contributed by atoms with van der Waals surface area (Å²) in [6.45, 7) is 0. The molecule has 4 aromatic carbocycles. The van der Waals surface area contributed by atoms with Crippen LogP contribution in [0.1, 0.15) is 146 Å². The van der Waals surface area contributed by atoms with Crippen molar-refractivity contribution in [3.05, 3.63) is 124 Å². The van der Waals surface area contributed by atoms with Crippen LogP contribution in [-0.2, 0) is 0 Å². The van der Waals surface area contributed by atoms with Crippen LogP contribution in [0.2, 0.25) is 0 Å². The van der Waals surface area contributed by atoms with E-state index < -0.39 is 0 Å². The van der Waals surface area contributed by atoms with Gasteiger partial charge in [-0.25, -0.2) is 0 Å². The van der Waals surface area contributed by atoms with E-state index in [1.54, 1.807) is 16.7 Å². The summed E-state index contributed by atoms with van der Waals surface area (Å²) < 4.78 is 0.